The summed E-state index contributed by atoms with van der Waals surface area (Å²) < 4.78 is 4.87. The van der Waals surface area contributed by atoms with Crippen LogP contribution in [0.4, 0.5) is 11.4 Å². The van der Waals surface area contributed by atoms with Gasteiger partial charge in [0.25, 0.3) is 5.91 Å². The zero-order chi connectivity index (χ0) is 11.4. The van der Waals surface area contributed by atoms with Gasteiger partial charge in [-0.25, -0.2) is 0 Å². The maximum atomic E-state index is 11.5. The van der Waals surface area contributed by atoms with E-state index in [9.17, 15) is 4.79 Å². The van der Waals surface area contributed by atoms with Crippen LogP contribution in [-0.2, 0) is 9.53 Å². The van der Waals surface area contributed by atoms with E-state index in [4.69, 9.17) is 22.1 Å². The minimum Gasteiger partial charge on any atom is -0.399 e. The SMILES string of the molecule is COC(C)C(=O)Nc1ccc(N)cc1Cl. The van der Waals surface area contributed by atoms with Crippen LogP contribution in [-0.4, -0.2) is 19.1 Å². The molecular formula is C10H13ClN2O2. The first-order valence-corrected chi connectivity index (χ1v) is 4.81. The molecule has 0 aliphatic rings. The Hall–Kier alpha value is -1.26. The van der Waals surface area contributed by atoms with Crippen LogP contribution in [0.25, 0.3) is 0 Å². The number of carbonyl (C=O) groups excluding carboxylic acids is 1. The third-order valence-corrected chi connectivity index (χ3v) is 2.29. The molecule has 0 saturated heterocycles. The fraction of sp³-hybridized carbons (Fsp3) is 0.300. The summed E-state index contributed by atoms with van der Waals surface area (Å²) in [5.41, 5.74) is 6.60. The Kier molecular flexibility index (Phi) is 3.94. The van der Waals surface area contributed by atoms with Crippen molar-refractivity contribution in [3.63, 3.8) is 0 Å². The molecule has 0 heterocycles. The second kappa shape index (κ2) is 5.00. The van der Waals surface area contributed by atoms with Gasteiger partial charge in [-0.15, -0.1) is 0 Å². The van der Waals surface area contributed by atoms with Crippen LogP contribution >= 0.6 is 11.6 Å². The van der Waals surface area contributed by atoms with Crippen LogP contribution in [0.5, 0.6) is 0 Å². The highest BCUT2D eigenvalue weighted by Gasteiger charge is 2.12. The molecule has 15 heavy (non-hydrogen) atoms. The molecule has 0 aromatic heterocycles. The van der Waals surface area contributed by atoms with E-state index in [1.807, 2.05) is 0 Å². The average molecular weight is 229 g/mol. The zero-order valence-corrected chi connectivity index (χ0v) is 9.34. The van der Waals surface area contributed by atoms with Gasteiger partial charge in [-0.1, -0.05) is 11.6 Å². The first-order valence-electron chi connectivity index (χ1n) is 4.43. The molecule has 1 unspecified atom stereocenters. The number of nitrogen functional groups attached to an aromatic ring is 1. The van der Waals surface area contributed by atoms with Crippen molar-refractivity contribution in [3.05, 3.63) is 23.2 Å². The lowest BCUT2D eigenvalue weighted by Crippen LogP contribution is -2.26. The van der Waals surface area contributed by atoms with Gasteiger partial charge in [0, 0.05) is 12.8 Å². The van der Waals surface area contributed by atoms with Gasteiger partial charge in [0.2, 0.25) is 0 Å². The number of nitrogens with one attached hydrogen (secondary N) is 1. The summed E-state index contributed by atoms with van der Waals surface area (Å²) in [6.45, 7) is 1.65. The van der Waals surface area contributed by atoms with Crippen molar-refractivity contribution in [1.82, 2.24) is 0 Å². The molecule has 0 aliphatic heterocycles. The minimum atomic E-state index is -0.515. The molecule has 1 aromatic carbocycles. The summed E-state index contributed by atoms with van der Waals surface area (Å²) in [5.74, 6) is -0.246. The Bertz CT molecular complexity index is 368. The number of hydrogen-bond acceptors (Lipinski definition) is 3. The van der Waals surface area contributed by atoms with Crippen molar-refractivity contribution in [1.29, 1.82) is 0 Å². The number of methoxy groups -OCH3 is 1. The molecule has 0 radical (unpaired) electrons. The zero-order valence-electron chi connectivity index (χ0n) is 8.58. The lowest BCUT2D eigenvalue weighted by Gasteiger charge is -2.11. The summed E-state index contributed by atoms with van der Waals surface area (Å²) in [6, 6.07) is 4.89. The van der Waals surface area contributed by atoms with Gasteiger partial charge in [-0.3, -0.25) is 4.79 Å². The quantitative estimate of drug-likeness (QED) is 0.777. The first kappa shape index (κ1) is 11.8. The van der Waals surface area contributed by atoms with Crippen LogP contribution < -0.4 is 11.1 Å². The molecule has 1 rings (SSSR count). The summed E-state index contributed by atoms with van der Waals surface area (Å²) in [7, 11) is 1.47. The predicted octanol–water partition coefficient (Wildman–Crippen LogP) is 1.90. The van der Waals surface area contributed by atoms with E-state index >= 15 is 0 Å². The number of ether oxygens (including phenoxy) is 1. The van der Waals surface area contributed by atoms with E-state index in [-0.39, 0.29) is 5.91 Å². The van der Waals surface area contributed by atoms with Gasteiger partial charge in [-0.2, -0.15) is 0 Å². The molecule has 0 saturated carbocycles. The largest absolute Gasteiger partial charge is 0.399 e. The smallest absolute Gasteiger partial charge is 0.253 e. The number of carbonyl (C=O) groups is 1. The Morgan fingerprint density at radius 3 is 2.80 bits per heavy atom. The number of hydrogen-bond donors (Lipinski definition) is 2. The molecule has 4 nitrogen and oxygen atoms in total. The number of halogens is 1. The second-order valence-corrected chi connectivity index (χ2v) is 3.51. The van der Waals surface area contributed by atoms with Crippen molar-refractivity contribution >= 4 is 28.9 Å². The number of rotatable bonds is 3. The fourth-order valence-corrected chi connectivity index (χ4v) is 1.21. The number of nitrogens with two attached hydrogens (primary N) is 1. The van der Waals surface area contributed by atoms with Crippen molar-refractivity contribution in [2.24, 2.45) is 0 Å². The van der Waals surface area contributed by atoms with Crippen molar-refractivity contribution in [2.75, 3.05) is 18.2 Å². The molecule has 1 aromatic rings. The lowest BCUT2D eigenvalue weighted by atomic mass is 10.2. The first-order chi connectivity index (χ1) is 7.04. The third kappa shape index (κ3) is 3.11. The monoisotopic (exact) mass is 228 g/mol. The van der Waals surface area contributed by atoms with Gasteiger partial charge in [0.15, 0.2) is 0 Å². The highest BCUT2D eigenvalue weighted by molar-refractivity contribution is 6.34. The fourth-order valence-electron chi connectivity index (χ4n) is 0.974. The summed E-state index contributed by atoms with van der Waals surface area (Å²) >= 11 is 5.89. The normalized spacial score (nSPS) is 12.2. The molecule has 82 valence electrons. The number of anilines is 2. The summed E-state index contributed by atoms with van der Waals surface area (Å²) in [6.07, 6.45) is -0.515. The number of benzene rings is 1. The van der Waals surface area contributed by atoms with Gasteiger partial charge < -0.3 is 15.8 Å². The van der Waals surface area contributed by atoms with E-state index in [0.29, 0.717) is 16.4 Å². The minimum absolute atomic E-state index is 0.246. The van der Waals surface area contributed by atoms with Crippen LogP contribution in [0, 0.1) is 0 Å². The van der Waals surface area contributed by atoms with Gasteiger partial charge >= 0.3 is 0 Å². The number of amides is 1. The molecule has 0 spiro atoms. The average Bonchev–Trinajstić information content (AvgIpc) is 2.20. The highest BCUT2D eigenvalue weighted by Crippen LogP contribution is 2.24. The van der Waals surface area contributed by atoms with Crippen LogP contribution in [0.2, 0.25) is 5.02 Å². The van der Waals surface area contributed by atoms with E-state index in [2.05, 4.69) is 5.32 Å². The van der Waals surface area contributed by atoms with Gasteiger partial charge in [0.05, 0.1) is 10.7 Å². The van der Waals surface area contributed by atoms with Gasteiger partial charge in [0.1, 0.15) is 6.10 Å². The molecular weight excluding hydrogens is 216 g/mol. The predicted molar refractivity (Wildman–Crippen MR) is 61.0 cm³/mol. The van der Waals surface area contributed by atoms with Crippen molar-refractivity contribution in [3.8, 4) is 0 Å². The van der Waals surface area contributed by atoms with E-state index in [1.165, 1.54) is 7.11 Å². The standard InChI is InChI=1S/C10H13ClN2O2/c1-6(15-2)10(14)13-9-4-3-7(12)5-8(9)11/h3-6H,12H2,1-2H3,(H,13,14). The van der Waals surface area contributed by atoms with Crippen molar-refractivity contribution < 1.29 is 9.53 Å². The molecule has 0 bridgehead atoms. The lowest BCUT2D eigenvalue weighted by molar-refractivity contribution is -0.124. The maximum absolute atomic E-state index is 11.5. The van der Waals surface area contributed by atoms with Crippen LogP contribution in [0.1, 0.15) is 6.92 Å². The van der Waals surface area contributed by atoms with Crippen LogP contribution in [0.15, 0.2) is 18.2 Å². The summed E-state index contributed by atoms with van der Waals surface area (Å²) in [4.78, 5) is 11.5. The highest BCUT2D eigenvalue weighted by atomic mass is 35.5. The molecule has 0 aliphatic carbocycles. The Balaban J connectivity index is 2.77. The molecule has 3 N–H and O–H groups in total. The Morgan fingerprint density at radius 2 is 2.27 bits per heavy atom. The molecule has 0 fully saturated rings. The molecule has 1 amide bonds. The van der Waals surface area contributed by atoms with Crippen LogP contribution in [0.3, 0.4) is 0 Å². The van der Waals surface area contributed by atoms with E-state index in [1.54, 1.807) is 25.1 Å². The van der Waals surface area contributed by atoms with Crippen molar-refractivity contribution in [2.45, 2.75) is 13.0 Å². The van der Waals surface area contributed by atoms with E-state index < -0.39 is 6.10 Å². The summed E-state index contributed by atoms with van der Waals surface area (Å²) in [5, 5.41) is 3.05. The Labute approximate surface area is 93.4 Å². The molecule has 1 atom stereocenters. The van der Waals surface area contributed by atoms with E-state index in [0.717, 1.165) is 0 Å². The van der Waals surface area contributed by atoms with Gasteiger partial charge in [-0.05, 0) is 25.1 Å². The third-order valence-electron chi connectivity index (χ3n) is 1.97. The second-order valence-electron chi connectivity index (χ2n) is 3.11. The maximum Gasteiger partial charge on any atom is 0.253 e. The topological polar surface area (TPSA) is 64.3 Å². The molecule has 5 heteroatoms. The Morgan fingerprint density at radius 1 is 1.60 bits per heavy atom.